The normalized spacial score (nSPS) is 10.9. The summed E-state index contributed by atoms with van der Waals surface area (Å²) in [5.41, 5.74) is 2.77. The highest BCUT2D eigenvalue weighted by atomic mass is 16.5. The van der Waals surface area contributed by atoms with Crippen LogP contribution in [0.4, 0.5) is 5.82 Å². The summed E-state index contributed by atoms with van der Waals surface area (Å²) < 4.78 is 12.5. The highest BCUT2D eigenvalue weighted by molar-refractivity contribution is 5.73. The van der Waals surface area contributed by atoms with Crippen molar-refractivity contribution in [2.75, 3.05) is 32.7 Å². The Hall–Kier alpha value is -2.60. The van der Waals surface area contributed by atoms with Crippen molar-refractivity contribution in [3.63, 3.8) is 0 Å². The monoisotopic (exact) mass is 312 g/mol. The number of hydrogen-bond donors (Lipinski definition) is 1. The predicted molar refractivity (Wildman–Crippen MR) is 90.0 cm³/mol. The largest absolute Gasteiger partial charge is 0.496 e. The highest BCUT2D eigenvalue weighted by Crippen LogP contribution is 2.30. The molecule has 1 aromatic carbocycles. The van der Waals surface area contributed by atoms with E-state index in [0.29, 0.717) is 0 Å². The van der Waals surface area contributed by atoms with E-state index in [0.717, 1.165) is 48.0 Å². The van der Waals surface area contributed by atoms with E-state index in [2.05, 4.69) is 15.3 Å². The fourth-order valence-corrected chi connectivity index (χ4v) is 2.52. The first kappa shape index (κ1) is 15.3. The molecule has 0 fully saturated rings. The first-order chi connectivity index (χ1) is 11.3. The fraction of sp³-hybridized carbons (Fsp3) is 0.294. The maximum absolute atomic E-state index is 5.45. The number of para-hydroxylation sites is 1. The number of hydrogen-bond acceptors (Lipinski definition) is 5. The summed E-state index contributed by atoms with van der Waals surface area (Å²) in [6, 6.07) is 7.91. The molecule has 120 valence electrons. The molecule has 0 atom stereocenters. The Morgan fingerprint density at radius 2 is 2.04 bits per heavy atom. The van der Waals surface area contributed by atoms with Gasteiger partial charge in [0, 0.05) is 38.2 Å². The van der Waals surface area contributed by atoms with Crippen LogP contribution in [0.25, 0.3) is 16.9 Å². The lowest BCUT2D eigenvalue weighted by molar-refractivity contribution is 0.198. The second-order valence-electron chi connectivity index (χ2n) is 5.09. The van der Waals surface area contributed by atoms with Gasteiger partial charge in [-0.15, -0.1) is 0 Å². The quantitative estimate of drug-likeness (QED) is 0.680. The number of rotatable bonds is 7. The standard InChI is InChI=1S/C17H20N4O2/c1-22-11-5-8-18-16-17-20-12-14(21(17)10-9-19-16)13-6-3-4-7-15(13)23-2/h3-4,6-7,9-10,12H,5,8,11H2,1-2H3,(H,18,19). The van der Waals surface area contributed by atoms with Crippen LogP contribution in [0.15, 0.2) is 42.9 Å². The molecule has 0 amide bonds. The molecule has 0 spiro atoms. The third-order valence-corrected chi connectivity index (χ3v) is 3.63. The number of methoxy groups -OCH3 is 2. The number of benzene rings is 1. The molecule has 3 aromatic rings. The summed E-state index contributed by atoms with van der Waals surface area (Å²) in [5, 5.41) is 3.31. The summed E-state index contributed by atoms with van der Waals surface area (Å²) in [6.45, 7) is 1.51. The van der Waals surface area contributed by atoms with Gasteiger partial charge in [0.05, 0.1) is 19.0 Å². The zero-order valence-corrected chi connectivity index (χ0v) is 13.3. The van der Waals surface area contributed by atoms with Crippen LogP contribution < -0.4 is 10.1 Å². The molecule has 3 rings (SSSR count). The van der Waals surface area contributed by atoms with Crippen molar-refractivity contribution >= 4 is 11.5 Å². The maximum Gasteiger partial charge on any atom is 0.180 e. The summed E-state index contributed by atoms with van der Waals surface area (Å²) >= 11 is 0. The van der Waals surface area contributed by atoms with Gasteiger partial charge in [0.2, 0.25) is 0 Å². The van der Waals surface area contributed by atoms with Crippen LogP contribution in [0.3, 0.4) is 0 Å². The predicted octanol–water partition coefficient (Wildman–Crippen LogP) is 2.85. The van der Waals surface area contributed by atoms with Crippen LogP contribution >= 0.6 is 0 Å². The minimum absolute atomic E-state index is 0.719. The lowest BCUT2D eigenvalue weighted by Crippen LogP contribution is -2.07. The number of aromatic nitrogens is 3. The van der Waals surface area contributed by atoms with Gasteiger partial charge in [0.1, 0.15) is 5.75 Å². The molecule has 0 unspecified atom stereocenters. The smallest absolute Gasteiger partial charge is 0.180 e. The minimum atomic E-state index is 0.719. The van der Waals surface area contributed by atoms with E-state index < -0.39 is 0 Å². The Balaban J connectivity index is 1.95. The van der Waals surface area contributed by atoms with E-state index in [1.54, 1.807) is 20.4 Å². The summed E-state index contributed by atoms with van der Waals surface area (Å²) in [5.74, 6) is 1.59. The van der Waals surface area contributed by atoms with Gasteiger partial charge in [0.15, 0.2) is 11.5 Å². The van der Waals surface area contributed by atoms with E-state index in [1.807, 2.05) is 41.1 Å². The van der Waals surface area contributed by atoms with Crippen LogP contribution in [0.1, 0.15) is 6.42 Å². The zero-order chi connectivity index (χ0) is 16.1. The molecule has 1 N–H and O–H groups in total. The van der Waals surface area contributed by atoms with Gasteiger partial charge < -0.3 is 14.8 Å². The molecule has 6 heteroatoms. The van der Waals surface area contributed by atoms with E-state index in [4.69, 9.17) is 9.47 Å². The fourth-order valence-electron chi connectivity index (χ4n) is 2.52. The second kappa shape index (κ2) is 7.11. The Bertz CT molecular complexity index is 785. The molecule has 0 aliphatic rings. The molecule has 2 aromatic heterocycles. The van der Waals surface area contributed by atoms with E-state index in [1.165, 1.54) is 0 Å². The second-order valence-corrected chi connectivity index (χ2v) is 5.09. The Morgan fingerprint density at radius 3 is 2.87 bits per heavy atom. The van der Waals surface area contributed by atoms with Crippen LogP contribution in [0.5, 0.6) is 5.75 Å². The van der Waals surface area contributed by atoms with Crippen LogP contribution in [-0.4, -0.2) is 41.7 Å². The number of anilines is 1. The molecule has 23 heavy (non-hydrogen) atoms. The maximum atomic E-state index is 5.45. The molecule has 6 nitrogen and oxygen atoms in total. The molecule has 0 aliphatic carbocycles. The third kappa shape index (κ3) is 3.12. The Labute approximate surface area is 135 Å². The van der Waals surface area contributed by atoms with Crippen LogP contribution in [-0.2, 0) is 4.74 Å². The van der Waals surface area contributed by atoms with Gasteiger partial charge in [-0.2, -0.15) is 0 Å². The molecular formula is C17H20N4O2. The molecule has 0 saturated carbocycles. The van der Waals surface area contributed by atoms with Gasteiger partial charge >= 0.3 is 0 Å². The van der Waals surface area contributed by atoms with Crippen molar-refractivity contribution in [2.45, 2.75) is 6.42 Å². The zero-order valence-electron chi connectivity index (χ0n) is 13.3. The van der Waals surface area contributed by atoms with Gasteiger partial charge in [-0.25, -0.2) is 9.97 Å². The average Bonchev–Trinajstić information content (AvgIpc) is 3.03. The van der Waals surface area contributed by atoms with Gasteiger partial charge in [0.25, 0.3) is 0 Å². The van der Waals surface area contributed by atoms with Crippen molar-refractivity contribution in [3.8, 4) is 17.0 Å². The number of imidazole rings is 1. The Kier molecular flexibility index (Phi) is 4.73. The number of nitrogens with one attached hydrogen (secondary N) is 1. The van der Waals surface area contributed by atoms with Gasteiger partial charge in [-0.05, 0) is 18.6 Å². The van der Waals surface area contributed by atoms with E-state index in [9.17, 15) is 0 Å². The number of nitrogens with zero attached hydrogens (tertiary/aromatic N) is 3. The highest BCUT2D eigenvalue weighted by Gasteiger charge is 2.13. The van der Waals surface area contributed by atoms with Crippen LogP contribution in [0.2, 0.25) is 0 Å². The van der Waals surface area contributed by atoms with Gasteiger partial charge in [-0.3, -0.25) is 4.40 Å². The molecular weight excluding hydrogens is 292 g/mol. The minimum Gasteiger partial charge on any atom is -0.496 e. The molecule has 0 saturated heterocycles. The molecule has 0 radical (unpaired) electrons. The lowest BCUT2D eigenvalue weighted by atomic mass is 10.1. The van der Waals surface area contributed by atoms with Crippen molar-refractivity contribution in [1.82, 2.24) is 14.4 Å². The Morgan fingerprint density at radius 1 is 1.17 bits per heavy atom. The lowest BCUT2D eigenvalue weighted by Gasteiger charge is -2.09. The summed E-state index contributed by atoms with van der Waals surface area (Å²) in [4.78, 5) is 8.91. The van der Waals surface area contributed by atoms with Crippen molar-refractivity contribution in [1.29, 1.82) is 0 Å². The van der Waals surface area contributed by atoms with E-state index >= 15 is 0 Å². The summed E-state index contributed by atoms with van der Waals surface area (Å²) in [7, 11) is 3.37. The summed E-state index contributed by atoms with van der Waals surface area (Å²) in [6.07, 6.45) is 6.44. The van der Waals surface area contributed by atoms with Gasteiger partial charge in [-0.1, -0.05) is 12.1 Å². The number of fused-ring (bicyclic) bond motifs is 1. The third-order valence-electron chi connectivity index (χ3n) is 3.63. The first-order valence-electron chi connectivity index (χ1n) is 7.53. The topological polar surface area (TPSA) is 60.7 Å². The van der Waals surface area contributed by atoms with Crippen molar-refractivity contribution < 1.29 is 9.47 Å². The van der Waals surface area contributed by atoms with Crippen molar-refractivity contribution in [2.24, 2.45) is 0 Å². The molecule has 0 aliphatic heterocycles. The molecule has 0 bridgehead atoms. The average molecular weight is 312 g/mol. The number of ether oxygens (including phenoxy) is 2. The SMILES string of the molecule is COCCCNc1nccn2c(-c3ccccc3OC)cnc12. The first-order valence-corrected chi connectivity index (χ1v) is 7.53. The van der Waals surface area contributed by atoms with Crippen molar-refractivity contribution in [3.05, 3.63) is 42.9 Å². The van der Waals surface area contributed by atoms with E-state index in [-0.39, 0.29) is 0 Å². The van der Waals surface area contributed by atoms with Crippen LogP contribution in [0, 0.1) is 0 Å². The molecule has 2 heterocycles.